The number of para-hydroxylation sites is 1. The molecule has 0 radical (unpaired) electrons. The van der Waals surface area contributed by atoms with Crippen LogP contribution in [-0.2, 0) is 11.0 Å². The van der Waals surface area contributed by atoms with E-state index in [9.17, 15) is 18.0 Å². The first-order valence-corrected chi connectivity index (χ1v) is 9.34. The number of rotatable bonds is 3. The van der Waals surface area contributed by atoms with Gasteiger partial charge in [-0.1, -0.05) is 18.2 Å². The van der Waals surface area contributed by atoms with Crippen molar-refractivity contribution in [2.75, 3.05) is 23.3 Å². The number of piperidine rings is 1. The molecule has 1 saturated heterocycles. The standard InChI is InChI=1S/C21H19F3N4O/c22-21(23,24)16-6-7-18(26-13-16)28-11-8-15(9-12-28)20(29)27-17-5-1-3-14-4-2-10-25-19(14)17/h1-7,10,13,15H,8-9,11-12H2,(H,27,29). The van der Waals surface area contributed by atoms with E-state index in [0.29, 0.717) is 37.4 Å². The molecule has 5 nitrogen and oxygen atoms in total. The number of amides is 1. The predicted octanol–water partition coefficient (Wildman–Crippen LogP) is 4.50. The van der Waals surface area contributed by atoms with Crippen molar-refractivity contribution in [2.24, 2.45) is 5.92 Å². The fourth-order valence-corrected chi connectivity index (χ4v) is 3.55. The van der Waals surface area contributed by atoms with Crippen LogP contribution in [0.3, 0.4) is 0 Å². The number of hydrogen-bond donors (Lipinski definition) is 1. The maximum atomic E-state index is 12.7. The van der Waals surface area contributed by atoms with Crippen LogP contribution in [0.15, 0.2) is 54.9 Å². The molecule has 1 aliphatic heterocycles. The lowest BCUT2D eigenvalue weighted by Crippen LogP contribution is -2.38. The van der Waals surface area contributed by atoms with Crippen LogP contribution in [-0.4, -0.2) is 29.0 Å². The number of pyridine rings is 2. The van der Waals surface area contributed by atoms with Gasteiger partial charge in [0.2, 0.25) is 5.91 Å². The summed E-state index contributed by atoms with van der Waals surface area (Å²) in [5.41, 5.74) is 0.661. The Kier molecular flexibility index (Phi) is 5.08. The van der Waals surface area contributed by atoms with Gasteiger partial charge < -0.3 is 10.2 Å². The van der Waals surface area contributed by atoms with Crippen molar-refractivity contribution in [3.63, 3.8) is 0 Å². The van der Waals surface area contributed by atoms with Crippen molar-refractivity contribution >= 4 is 28.3 Å². The van der Waals surface area contributed by atoms with Crippen molar-refractivity contribution in [3.8, 4) is 0 Å². The van der Waals surface area contributed by atoms with Gasteiger partial charge in [0, 0.05) is 36.8 Å². The monoisotopic (exact) mass is 400 g/mol. The summed E-state index contributed by atoms with van der Waals surface area (Å²) in [6.07, 6.45) is -0.651. The number of carbonyl (C=O) groups is 1. The van der Waals surface area contributed by atoms with E-state index in [4.69, 9.17) is 0 Å². The number of nitrogens with zero attached hydrogens (tertiary/aromatic N) is 3. The molecule has 29 heavy (non-hydrogen) atoms. The Hall–Kier alpha value is -3.16. The molecular weight excluding hydrogens is 381 g/mol. The second-order valence-corrected chi connectivity index (χ2v) is 7.03. The Morgan fingerprint density at radius 3 is 2.48 bits per heavy atom. The number of carbonyl (C=O) groups excluding carboxylic acids is 1. The van der Waals surface area contributed by atoms with Gasteiger partial charge in [0.1, 0.15) is 5.82 Å². The summed E-state index contributed by atoms with van der Waals surface area (Å²) in [6, 6.07) is 11.8. The zero-order valence-electron chi connectivity index (χ0n) is 15.5. The van der Waals surface area contributed by atoms with Crippen LogP contribution in [0.4, 0.5) is 24.7 Å². The average molecular weight is 400 g/mol. The second kappa shape index (κ2) is 7.69. The molecule has 1 aromatic carbocycles. The highest BCUT2D eigenvalue weighted by atomic mass is 19.4. The van der Waals surface area contributed by atoms with Crippen LogP contribution in [0.2, 0.25) is 0 Å². The van der Waals surface area contributed by atoms with Gasteiger partial charge >= 0.3 is 6.18 Å². The SMILES string of the molecule is O=C(Nc1cccc2cccnc12)C1CCN(c2ccc(C(F)(F)F)cn2)CC1. The van der Waals surface area contributed by atoms with E-state index in [2.05, 4.69) is 15.3 Å². The predicted molar refractivity (Wildman–Crippen MR) is 105 cm³/mol. The number of benzene rings is 1. The van der Waals surface area contributed by atoms with Gasteiger partial charge in [0.05, 0.1) is 16.8 Å². The summed E-state index contributed by atoms with van der Waals surface area (Å²) in [7, 11) is 0. The first-order valence-electron chi connectivity index (χ1n) is 9.34. The molecule has 4 rings (SSSR count). The lowest BCUT2D eigenvalue weighted by molar-refractivity contribution is -0.137. The summed E-state index contributed by atoms with van der Waals surface area (Å²) in [6.45, 7) is 1.12. The molecule has 0 bridgehead atoms. The van der Waals surface area contributed by atoms with Crippen LogP contribution < -0.4 is 10.2 Å². The van der Waals surface area contributed by atoms with Crippen LogP contribution >= 0.6 is 0 Å². The highest BCUT2D eigenvalue weighted by molar-refractivity contribution is 6.01. The normalized spacial score (nSPS) is 15.5. The lowest BCUT2D eigenvalue weighted by Gasteiger charge is -2.32. The number of anilines is 2. The van der Waals surface area contributed by atoms with Crippen LogP contribution in [0.1, 0.15) is 18.4 Å². The highest BCUT2D eigenvalue weighted by Gasteiger charge is 2.31. The molecule has 1 aliphatic rings. The molecule has 0 unspecified atom stereocenters. The largest absolute Gasteiger partial charge is 0.417 e. The maximum absolute atomic E-state index is 12.7. The molecule has 0 saturated carbocycles. The molecule has 1 amide bonds. The van der Waals surface area contributed by atoms with E-state index in [1.165, 1.54) is 6.07 Å². The van der Waals surface area contributed by atoms with Gasteiger partial charge in [-0.25, -0.2) is 4.98 Å². The molecule has 150 valence electrons. The van der Waals surface area contributed by atoms with Crippen molar-refractivity contribution in [1.29, 1.82) is 0 Å². The molecule has 0 aliphatic carbocycles. The Labute approximate surface area is 165 Å². The molecular formula is C21H19F3N4O. The third-order valence-electron chi connectivity index (χ3n) is 5.16. The number of alkyl halides is 3. The molecule has 2 aromatic heterocycles. The van der Waals surface area contributed by atoms with Crippen molar-refractivity contribution in [1.82, 2.24) is 9.97 Å². The van der Waals surface area contributed by atoms with Crippen LogP contribution in [0.5, 0.6) is 0 Å². The Morgan fingerprint density at radius 1 is 1.03 bits per heavy atom. The topological polar surface area (TPSA) is 58.1 Å². The molecule has 3 aromatic rings. The van der Waals surface area contributed by atoms with Gasteiger partial charge in [-0.3, -0.25) is 9.78 Å². The van der Waals surface area contributed by atoms with Crippen LogP contribution in [0.25, 0.3) is 10.9 Å². The Bertz CT molecular complexity index is 1010. The molecule has 3 heterocycles. The van der Waals surface area contributed by atoms with Crippen molar-refractivity contribution < 1.29 is 18.0 Å². The third kappa shape index (κ3) is 4.16. The third-order valence-corrected chi connectivity index (χ3v) is 5.16. The van der Waals surface area contributed by atoms with Crippen molar-refractivity contribution in [2.45, 2.75) is 19.0 Å². The lowest BCUT2D eigenvalue weighted by atomic mass is 9.95. The smallest absolute Gasteiger partial charge is 0.357 e. The Morgan fingerprint density at radius 2 is 1.79 bits per heavy atom. The van der Waals surface area contributed by atoms with E-state index in [1.807, 2.05) is 35.2 Å². The number of nitrogens with one attached hydrogen (secondary N) is 1. The minimum atomic E-state index is -4.40. The van der Waals surface area contributed by atoms with E-state index in [-0.39, 0.29) is 11.8 Å². The molecule has 0 spiro atoms. The van der Waals surface area contributed by atoms with Gasteiger partial charge in [0.15, 0.2) is 0 Å². The summed E-state index contributed by atoms with van der Waals surface area (Å²) in [5.74, 6) is 0.262. The average Bonchev–Trinajstić information content (AvgIpc) is 2.73. The summed E-state index contributed by atoms with van der Waals surface area (Å²) in [5, 5.41) is 3.93. The van der Waals surface area contributed by atoms with E-state index >= 15 is 0 Å². The highest BCUT2D eigenvalue weighted by Crippen LogP contribution is 2.30. The second-order valence-electron chi connectivity index (χ2n) is 7.03. The number of hydrogen-bond acceptors (Lipinski definition) is 4. The minimum absolute atomic E-state index is 0.0665. The van der Waals surface area contributed by atoms with E-state index in [0.717, 1.165) is 23.2 Å². The molecule has 8 heteroatoms. The number of fused-ring (bicyclic) bond motifs is 1. The quantitative estimate of drug-likeness (QED) is 0.703. The molecule has 0 atom stereocenters. The fourth-order valence-electron chi connectivity index (χ4n) is 3.55. The molecule has 1 fully saturated rings. The maximum Gasteiger partial charge on any atom is 0.417 e. The fraction of sp³-hybridized carbons (Fsp3) is 0.286. The van der Waals surface area contributed by atoms with Gasteiger partial charge in [-0.2, -0.15) is 13.2 Å². The minimum Gasteiger partial charge on any atom is -0.357 e. The Balaban J connectivity index is 1.38. The first kappa shape index (κ1) is 19.2. The van der Waals surface area contributed by atoms with Crippen LogP contribution in [0, 0.1) is 5.92 Å². The summed E-state index contributed by atoms with van der Waals surface area (Å²) < 4.78 is 38.0. The summed E-state index contributed by atoms with van der Waals surface area (Å²) >= 11 is 0. The first-order chi connectivity index (χ1) is 13.9. The van der Waals surface area contributed by atoms with Crippen molar-refractivity contribution in [3.05, 3.63) is 60.4 Å². The van der Waals surface area contributed by atoms with Gasteiger partial charge in [-0.15, -0.1) is 0 Å². The number of aromatic nitrogens is 2. The molecule has 1 N–H and O–H groups in total. The van der Waals surface area contributed by atoms with Gasteiger partial charge in [-0.05, 0) is 37.1 Å². The summed E-state index contributed by atoms with van der Waals surface area (Å²) in [4.78, 5) is 22.9. The zero-order valence-corrected chi connectivity index (χ0v) is 15.5. The zero-order chi connectivity index (χ0) is 20.4. The number of halogens is 3. The van der Waals surface area contributed by atoms with E-state index in [1.54, 1.807) is 6.20 Å². The van der Waals surface area contributed by atoms with E-state index < -0.39 is 11.7 Å². The van der Waals surface area contributed by atoms with Gasteiger partial charge in [0.25, 0.3) is 0 Å².